The summed E-state index contributed by atoms with van der Waals surface area (Å²) in [6.07, 6.45) is 0. The highest BCUT2D eigenvalue weighted by molar-refractivity contribution is 5.59. The SMILES string of the molecule is COc1cc(-c2nc(C(C)(C)OC)no2)ccc1O. The average molecular weight is 264 g/mol. The summed E-state index contributed by atoms with van der Waals surface area (Å²) in [6, 6.07) is 4.82. The Hall–Kier alpha value is -2.08. The van der Waals surface area contributed by atoms with Crippen LogP contribution in [0.4, 0.5) is 0 Å². The summed E-state index contributed by atoms with van der Waals surface area (Å²) in [7, 11) is 3.06. The summed E-state index contributed by atoms with van der Waals surface area (Å²) in [5.74, 6) is 1.21. The van der Waals surface area contributed by atoms with Gasteiger partial charge >= 0.3 is 0 Å². The molecule has 0 spiro atoms. The monoisotopic (exact) mass is 264 g/mol. The lowest BCUT2D eigenvalue weighted by atomic mass is 10.1. The fourth-order valence-corrected chi connectivity index (χ4v) is 1.49. The van der Waals surface area contributed by atoms with Gasteiger partial charge in [0.2, 0.25) is 5.82 Å². The molecule has 0 unspecified atom stereocenters. The molecular weight excluding hydrogens is 248 g/mol. The predicted molar refractivity (Wildman–Crippen MR) is 68.0 cm³/mol. The minimum absolute atomic E-state index is 0.0585. The molecule has 1 aromatic heterocycles. The lowest BCUT2D eigenvalue weighted by Gasteiger charge is -2.17. The van der Waals surface area contributed by atoms with Gasteiger partial charge in [-0.2, -0.15) is 4.98 Å². The van der Waals surface area contributed by atoms with E-state index in [9.17, 15) is 5.11 Å². The molecular formula is C13H16N2O4. The van der Waals surface area contributed by atoms with E-state index in [0.29, 0.717) is 23.0 Å². The Labute approximate surface area is 111 Å². The van der Waals surface area contributed by atoms with E-state index in [0.717, 1.165) is 0 Å². The van der Waals surface area contributed by atoms with E-state index in [-0.39, 0.29) is 5.75 Å². The van der Waals surface area contributed by atoms with Crippen LogP contribution in [-0.4, -0.2) is 29.5 Å². The first-order valence-corrected chi connectivity index (χ1v) is 5.74. The second kappa shape index (κ2) is 4.89. The molecule has 102 valence electrons. The Morgan fingerprint density at radius 3 is 2.63 bits per heavy atom. The molecule has 19 heavy (non-hydrogen) atoms. The maximum absolute atomic E-state index is 9.54. The van der Waals surface area contributed by atoms with Gasteiger partial charge in [-0.25, -0.2) is 0 Å². The van der Waals surface area contributed by atoms with E-state index in [4.69, 9.17) is 14.0 Å². The predicted octanol–water partition coefficient (Wildman–Crippen LogP) is 2.33. The lowest BCUT2D eigenvalue weighted by molar-refractivity contribution is 0.00973. The van der Waals surface area contributed by atoms with Crippen LogP contribution >= 0.6 is 0 Å². The molecule has 0 fully saturated rings. The summed E-state index contributed by atoms with van der Waals surface area (Å²) in [5, 5.41) is 13.4. The molecule has 0 saturated carbocycles. The largest absolute Gasteiger partial charge is 0.504 e. The molecule has 0 aliphatic heterocycles. The first-order chi connectivity index (χ1) is 8.97. The number of methoxy groups -OCH3 is 2. The van der Waals surface area contributed by atoms with Crippen LogP contribution in [-0.2, 0) is 10.3 Å². The summed E-state index contributed by atoms with van der Waals surface area (Å²) < 4.78 is 15.5. The molecule has 0 aliphatic carbocycles. The number of benzene rings is 1. The number of aromatic nitrogens is 2. The van der Waals surface area contributed by atoms with Crippen molar-refractivity contribution in [1.82, 2.24) is 10.1 Å². The van der Waals surface area contributed by atoms with E-state index < -0.39 is 5.60 Å². The van der Waals surface area contributed by atoms with Gasteiger partial charge in [0.15, 0.2) is 11.5 Å². The highest BCUT2D eigenvalue weighted by Crippen LogP contribution is 2.31. The third-order valence-corrected chi connectivity index (χ3v) is 2.90. The van der Waals surface area contributed by atoms with E-state index in [1.807, 2.05) is 13.8 Å². The zero-order valence-corrected chi connectivity index (χ0v) is 11.3. The highest BCUT2D eigenvalue weighted by Gasteiger charge is 2.26. The van der Waals surface area contributed by atoms with Crippen LogP contribution in [0.25, 0.3) is 11.5 Å². The van der Waals surface area contributed by atoms with Crippen molar-refractivity contribution in [2.75, 3.05) is 14.2 Å². The van der Waals surface area contributed by atoms with Crippen LogP contribution in [0.15, 0.2) is 22.7 Å². The standard InChI is InChI=1S/C13H16N2O4/c1-13(2,18-4)12-14-11(19-15-12)8-5-6-9(16)10(7-8)17-3/h5-7,16H,1-4H3. The molecule has 0 atom stereocenters. The normalized spacial score (nSPS) is 11.6. The van der Waals surface area contributed by atoms with Crippen molar-refractivity contribution >= 4 is 0 Å². The van der Waals surface area contributed by atoms with Gasteiger partial charge in [0.1, 0.15) is 5.60 Å². The van der Waals surface area contributed by atoms with Crippen LogP contribution < -0.4 is 4.74 Å². The number of phenolic OH excluding ortho intramolecular Hbond substituents is 1. The van der Waals surface area contributed by atoms with Crippen molar-refractivity contribution < 1.29 is 19.1 Å². The highest BCUT2D eigenvalue weighted by atomic mass is 16.5. The number of ether oxygens (including phenoxy) is 2. The topological polar surface area (TPSA) is 77.6 Å². The Morgan fingerprint density at radius 1 is 1.26 bits per heavy atom. The van der Waals surface area contributed by atoms with Crippen molar-refractivity contribution in [3.05, 3.63) is 24.0 Å². The van der Waals surface area contributed by atoms with Gasteiger partial charge in [-0.1, -0.05) is 5.16 Å². The summed E-state index contributed by atoms with van der Waals surface area (Å²) in [6.45, 7) is 3.69. The maximum atomic E-state index is 9.54. The molecule has 0 radical (unpaired) electrons. The Morgan fingerprint density at radius 2 is 2.00 bits per heavy atom. The summed E-state index contributed by atoms with van der Waals surface area (Å²) in [5.41, 5.74) is 0.0447. The average Bonchev–Trinajstić information content (AvgIpc) is 2.89. The zero-order chi connectivity index (χ0) is 14.0. The zero-order valence-electron chi connectivity index (χ0n) is 11.3. The van der Waals surface area contributed by atoms with Crippen LogP contribution in [0.3, 0.4) is 0 Å². The number of nitrogens with zero attached hydrogens (tertiary/aromatic N) is 2. The van der Waals surface area contributed by atoms with Crippen LogP contribution in [0, 0.1) is 0 Å². The molecule has 6 nitrogen and oxygen atoms in total. The fourth-order valence-electron chi connectivity index (χ4n) is 1.49. The number of hydrogen-bond donors (Lipinski definition) is 1. The van der Waals surface area contributed by atoms with Gasteiger partial charge in [0, 0.05) is 12.7 Å². The van der Waals surface area contributed by atoms with Crippen molar-refractivity contribution in [1.29, 1.82) is 0 Å². The third-order valence-electron chi connectivity index (χ3n) is 2.90. The van der Waals surface area contributed by atoms with Crippen LogP contribution in [0.2, 0.25) is 0 Å². The molecule has 0 bridgehead atoms. The first kappa shape index (κ1) is 13.4. The first-order valence-electron chi connectivity index (χ1n) is 5.74. The van der Waals surface area contributed by atoms with Crippen LogP contribution in [0.5, 0.6) is 11.5 Å². The van der Waals surface area contributed by atoms with Crippen LogP contribution in [0.1, 0.15) is 19.7 Å². The molecule has 1 aromatic carbocycles. The number of phenols is 1. The van der Waals surface area contributed by atoms with Gasteiger partial charge in [0.05, 0.1) is 7.11 Å². The number of aromatic hydroxyl groups is 1. The number of rotatable bonds is 4. The van der Waals surface area contributed by atoms with Crippen molar-refractivity contribution in [2.45, 2.75) is 19.4 Å². The van der Waals surface area contributed by atoms with Gasteiger partial charge in [-0.3, -0.25) is 0 Å². The minimum atomic E-state index is -0.622. The van der Waals surface area contributed by atoms with E-state index in [1.54, 1.807) is 19.2 Å². The minimum Gasteiger partial charge on any atom is -0.504 e. The molecule has 2 rings (SSSR count). The van der Waals surface area contributed by atoms with Crippen molar-refractivity contribution in [3.63, 3.8) is 0 Å². The smallest absolute Gasteiger partial charge is 0.258 e. The lowest BCUT2D eigenvalue weighted by Crippen LogP contribution is -2.21. The molecule has 0 saturated heterocycles. The Balaban J connectivity index is 2.38. The fraction of sp³-hybridized carbons (Fsp3) is 0.385. The molecule has 0 aliphatic rings. The third kappa shape index (κ3) is 2.53. The number of hydrogen-bond acceptors (Lipinski definition) is 6. The molecule has 2 aromatic rings. The molecule has 0 amide bonds. The Kier molecular flexibility index (Phi) is 3.44. The van der Waals surface area contributed by atoms with E-state index in [1.165, 1.54) is 13.2 Å². The van der Waals surface area contributed by atoms with E-state index >= 15 is 0 Å². The van der Waals surface area contributed by atoms with Gasteiger partial charge in [-0.05, 0) is 32.0 Å². The second-order valence-corrected chi connectivity index (χ2v) is 4.52. The second-order valence-electron chi connectivity index (χ2n) is 4.52. The summed E-state index contributed by atoms with van der Waals surface area (Å²) >= 11 is 0. The van der Waals surface area contributed by atoms with Crippen molar-refractivity contribution in [3.8, 4) is 23.0 Å². The molecule has 6 heteroatoms. The van der Waals surface area contributed by atoms with Gasteiger partial charge < -0.3 is 19.1 Å². The molecule has 1 N–H and O–H groups in total. The van der Waals surface area contributed by atoms with Gasteiger partial charge in [0.25, 0.3) is 5.89 Å². The van der Waals surface area contributed by atoms with E-state index in [2.05, 4.69) is 10.1 Å². The molecule has 1 heterocycles. The van der Waals surface area contributed by atoms with Gasteiger partial charge in [-0.15, -0.1) is 0 Å². The van der Waals surface area contributed by atoms with Crippen molar-refractivity contribution in [2.24, 2.45) is 0 Å². The Bertz CT molecular complexity index is 578. The summed E-state index contributed by atoms with van der Waals surface area (Å²) in [4.78, 5) is 4.29. The maximum Gasteiger partial charge on any atom is 0.258 e. The quantitative estimate of drug-likeness (QED) is 0.913.